The number of nitrogens with zero attached hydrogens (tertiary/aromatic N) is 4. The van der Waals surface area contributed by atoms with Crippen LogP contribution in [0.15, 0.2) is 11.7 Å². The highest BCUT2D eigenvalue weighted by atomic mass is 32.1. The first-order valence-corrected chi connectivity index (χ1v) is 8.12. The Morgan fingerprint density at radius 3 is 2.75 bits per heavy atom. The van der Waals surface area contributed by atoms with Crippen molar-refractivity contribution in [1.29, 1.82) is 0 Å². The van der Waals surface area contributed by atoms with Crippen LogP contribution in [-0.4, -0.2) is 19.6 Å². The summed E-state index contributed by atoms with van der Waals surface area (Å²) in [6.07, 6.45) is 2.01. The molecule has 0 aromatic carbocycles. The standard InChI is InChI=1S/C13H17N5S2/c1-8-9(19-7-15-8)5-14-11-17-18-6-10(13(2,3)4)16-12(18)20-11/h6-7H,5H2,1-4H3,(H,14,17). The average Bonchev–Trinajstić information content (AvgIpc) is 2.98. The molecule has 0 amide bonds. The van der Waals surface area contributed by atoms with E-state index in [0.29, 0.717) is 0 Å². The first-order valence-electron chi connectivity index (χ1n) is 6.43. The lowest BCUT2D eigenvalue weighted by Crippen LogP contribution is -2.11. The topological polar surface area (TPSA) is 55.1 Å². The smallest absolute Gasteiger partial charge is 0.214 e. The van der Waals surface area contributed by atoms with Gasteiger partial charge in [0.1, 0.15) is 0 Å². The number of thiazole rings is 1. The molecule has 0 radical (unpaired) electrons. The number of fused-ring (bicyclic) bond motifs is 1. The molecule has 5 nitrogen and oxygen atoms in total. The second-order valence-corrected chi connectivity index (χ2v) is 7.62. The summed E-state index contributed by atoms with van der Waals surface area (Å²) in [7, 11) is 0. The van der Waals surface area contributed by atoms with Gasteiger partial charge in [-0.3, -0.25) is 0 Å². The number of imidazole rings is 1. The first kappa shape index (κ1) is 13.5. The summed E-state index contributed by atoms with van der Waals surface area (Å²) in [6, 6.07) is 0. The molecule has 106 valence electrons. The first-order chi connectivity index (χ1) is 9.43. The zero-order valence-electron chi connectivity index (χ0n) is 12.0. The Kier molecular flexibility index (Phi) is 3.25. The van der Waals surface area contributed by atoms with Crippen LogP contribution in [0.5, 0.6) is 0 Å². The van der Waals surface area contributed by atoms with Crippen molar-refractivity contribution in [2.24, 2.45) is 0 Å². The van der Waals surface area contributed by atoms with E-state index < -0.39 is 0 Å². The van der Waals surface area contributed by atoms with Gasteiger partial charge in [-0.15, -0.1) is 16.4 Å². The molecule has 0 aliphatic rings. The fourth-order valence-electron chi connectivity index (χ4n) is 1.78. The summed E-state index contributed by atoms with van der Waals surface area (Å²) >= 11 is 3.24. The Bertz CT molecular complexity index is 700. The van der Waals surface area contributed by atoms with Gasteiger partial charge in [0.05, 0.1) is 29.6 Å². The lowest BCUT2D eigenvalue weighted by Gasteiger charge is -2.13. The van der Waals surface area contributed by atoms with Crippen LogP contribution in [0.25, 0.3) is 4.96 Å². The third-order valence-electron chi connectivity index (χ3n) is 3.06. The molecular formula is C13H17N5S2. The Labute approximate surface area is 125 Å². The van der Waals surface area contributed by atoms with Crippen molar-refractivity contribution < 1.29 is 0 Å². The second-order valence-electron chi connectivity index (χ2n) is 5.73. The minimum atomic E-state index is 0.0563. The maximum Gasteiger partial charge on any atom is 0.214 e. The normalized spacial score (nSPS) is 12.2. The van der Waals surface area contributed by atoms with E-state index >= 15 is 0 Å². The zero-order chi connectivity index (χ0) is 14.3. The third-order valence-corrected chi connectivity index (χ3v) is 4.87. The van der Waals surface area contributed by atoms with E-state index in [0.717, 1.165) is 28.0 Å². The van der Waals surface area contributed by atoms with Crippen LogP contribution in [-0.2, 0) is 12.0 Å². The predicted octanol–water partition coefficient (Wildman–Crippen LogP) is 3.47. The van der Waals surface area contributed by atoms with Crippen molar-refractivity contribution in [3.8, 4) is 0 Å². The molecule has 0 atom stereocenters. The number of rotatable bonds is 3. The van der Waals surface area contributed by atoms with Crippen LogP contribution in [0.4, 0.5) is 5.13 Å². The summed E-state index contributed by atoms with van der Waals surface area (Å²) in [5.41, 5.74) is 4.08. The molecule has 3 aromatic rings. The SMILES string of the molecule is Cc1ncsc1CNc1nn2cc(C(C)(C)C)nc2s1. The van der Waals surface area contributed by atoms with E-state index in [1.807, 2.05) is 23.1 Å². The fourth-order valence-corrected chi connectivity index (χ4v) is 3.28. The molecule has 0 saturated heterocycles. The van der Waals surface area contributed by atoms with Crippen molar-refractivity contribution >= 4 is 32.8 Å². The quantitative estimate of drug-likeness (QED) is 0.805. The highest BCUT2D eigenvalue weighted by Crippen LogP contribution is 2.26. The Hall–Kier alpha value is -1.47. The van der Waals surface area contributed by atoms with Crippen molar-refractivity contribution in [1.82, 2.24) is 19.6 Å². The van der Waals surface area contributed by atoms with Gasteiger partial charge >= 0.3 is 0 Å². The van der Waals surface area contributed by atoms with Crippen LogP contribution in [0.3, 0.4) is 0 Å². The lowest BCUT2D eigenvalue weighted by atomic mass is 9.93. The van der Waals surface area contributed by atoms with Crippen LogP contribution in [0, 0.1) is 6.92 Å². The van der Waals surface area contributed by atoms with Gasteiger partial charge in [0.2, 0.25) is 10.1 Å². The molecule has 1 N–H and O–H groups in total. The summed E-state index contributed by atoms with van der Waals surface area (Å²) in [5.74, 6) is 0. The number of nitrogens with one attached hydrogen (secondary N) is 1. The monoisotopic (exact) mass is 307 g/mol. The number of hydrogen-bond acceptors (Lipinski definition) is 6. The predicted molar refractivity (Wildman–Crippen MR) is 83.7 cm³/mol. The van der Waals surface area contributed by atoms with Crippen LogP contribution >= 0.6 is 22.7 Å². The summed E-state index contributed by atoms with van der Waals surface area (Å²) < 4.78 is 1.85. The van der Waals surface area contributed by atoms with Crippen molar-refractivity contribution in [2.45, 2.75) is 39.7 Å². The van der Waals surface area contributed by atoms with Crippen molar-refractivity contribution in [3.05, 3.63) is 28.0 Å². The van der Waals surface area contributed by atoms with E-state index in [4.69, 9.17) is 0 Å². The zero-order valence-corrected chi connectivity index (χ0v) is 13.6. The van der Waals surface area contributed by atoms with Crippen LogP contribution in [0.2, 0.25) is 0 Å². The molecule has 0 saturated carbocycles. The molecule has 3 heterocycles. The Balaban J connectivity index is 1.77. The maximum absolute atomic E-state index is 4.64. The van der Waals surface area contributed by atoms with Gasteiger partial charge < -0.3 is 5.32 Å². The molecule has 0 aliphatic heterocycles. The molecule has 20 heavy (non-hydrogen) atoms. The minimum absolute atomic E-state index is 0.0563. The van der Waals surface area contributed by atoms with Crippen LogP contribution < -0.4 is 5.32 Å². The van der Waals surface area contributed by atoms with E-state index in [9.17, 15) is 0 Å². The van der Waals surface area contributed by atoms with Crippen molar-refractivity contribution in [3.63, 3.8) is 0 Å². The van der Waals surface area contributed by atoms with Gasteiger partial charge in [-0.25, -0.2) is 14.5 Å². The van der Waals surface area contributed by atoms with Gasteiger partial charge in [0.15, 0.2) is 0 Å². The molecular weight excluding hydrogens is 290 g/mol. The highest BCUT2D eigenvalue weighted by Gasteiger charge is 2.19. The fraction of sp³-hybridized carbons (Fsp3) is 0.462. The lowest BCUT2D eigenvalue weighted by molar-refractivity contribution is 0.572. The van der Waals surface area contributed by atoms with Gasteiger partial charge in [-0.05, 0) is 6.92 Å². The second kappa shape index (κ2) is 4.82. The summed E-state index contributed by atoms with van der Waals surface area (Å²) in [5, 5.41) is 8.75. The molecule has 0 fully saturated rings. The Morgan fingerprint density at radius 1 is 1.35 bits per heavy atom. The summed E-state index contributed by atoms with van der Waals surface area (Å²) in [6.45, 7) is 9.26. The maximum atomic E-state index is 4.64. The van der Waals surface area contributed by atoms with Gasteiger partial charge in [-0.1, -0.05) is 32.1 Å². The molecule has 0 unspecified atom stereocenters. The molecule has 0 bridgehead atoms. The molecule has 3 aromatic heterocycles. The molecule has 3 rings (SSSR count). The molecule has 0 spiro atoms. The summed E-state index contributed by atoms with van der Waals surface area (Å²) in [4.78, 5) is 11.1. The van der Waals surface area contributed by atoms with E-state index in [2.05, 4.69) is 41.2 Å². The highest BCUT2D eigenvalue weighted by molar-refractivity contribution is 7.20. The Morgan fingerprint density at radius 2 is 2.15 bits per heavy atom. The van der Waals surface area contributed by atoms with Crippen LogP contribution in [0.1, 0.15) is 37.0 Å². The minimum Gasteiger partial charge on any atom is -0.355 e. The average molecular weight is 307 g/mol. The number of aromatic nitrogens is 4. The number of hydrogen-bond donors (Lipinski definition) is 1. The van der Waals surface area contributed by atoms with Gasteiger partial charge in [0.25, 0.3) is 0 Å². The van der Waals surface area contributed by atoms with Crippen molar-refractivity contribution in [2.75, 3.05) is 5.32 Å². The largest absolute Gasteiger partial charge is 0.355 e. The third kappa shape index (κ3) is 2.55. The van der Waals surface area contributed by atoms with E-state index in [1.54, 1.807) is 22.7 Å². The van der Waals surface area contributed by atoms with Gasteiger partial charge in [-0.2, -0.15) is 0 Å². The van der Waals surface area contributed by atoms with E-state index in [-0.39, 0.29) is 5.41 Å². The molecule has 7 heteroatoms. The number of aryl methyl sites for hydroxylation is 1. The molecule has 0 aliphatic carbocycles. The van der Waals surface area contributed by atoms with E-state index in [1.165, 1.54) is 4.88 Å². The van der Waals surface area contributed by atoms with Gasteiger partial charge in [0, 0.05) is 10.3 Å². The number of anilines is 1.